The van der Waals surface area contributed by atoms with Crippen LogP contribution < -0.4 is 5.32 Å². The van der Waals surface area contributed by atoms with Gasteiger partial charge in [-0.3, -0.25) is 4.79 Å². The average molecular weight is 358 g/mol. The molecule has 0 fully saturated rings. The number of hydrogen-bond donors (Lipinski definition) is 1. The van der Waals surface area contributed by atoms with Crippen LogP contribution in [-0.4, -0.2) is 19.8 Å². The maximum Gasteiger partial charge on any atom is 0.277 e. The number of hydrogen-bond acceptors (Lipinski definition) is 6. The zero-order valence-corrected chi connectivity index (χ0v) is 13.2. The Balaban J connectivity index is 1.60. The van der Waals surface area contributed by atoms with E-state index in [1.807, 2.05) is 0 Å². The Hall–Kier alpha value is -3.20. The molecular weight excluding hydrogens is 350 g/mol. The maximum atomic E-state index is 13.3. The van der Waals surface area contributed by atoms with Gasteiger partial charge in [0.05, 0.1) is 17.4 Å². The highest BCUT2D eigenvalue weighted by molar-refractivity contribution is 7.00. The summed E-state index contributed by atoms with van der Waals surface area (Å²) in [6.45, 7) is 0. The minimum Gasteiger partial charge on any atom is -0.355 e. The van der Waals surface area contributed by atoms with Crippen LogP contribution in [0.25, 0.3) is 22.4 Å². The number of nitrogens with one attached hydrogen (secondary N) is 1. The third-order valence-corrected chi connectivity index (χ3v) is 4.02. The largest absolute Gasteiger partial charge is 0.355 e. The molecule has 2 heterocycles. The zero-order chi connectivity index (χ0) is 17.4. The molecule has 124 valence electrons. The maximum absolute atomic E-state index is 13.3. The van der Waals surface area contributed by atoms with Crippen LogP contribution in [0.2, 0.25) is 0 Å². The summed E-state index contributed by atoms with van der Waals surface area (Å²) in [5, 5.41) is 6.35. The van der Waals surface area contributed by atoms with E-state index in [0.29, 0.717) is 16.7 Å². The van der Waals surface area contributed by atoms with Gasteiger partial charge in [0.2, 0.25) is 0 Å². The summed E-state index contributed by atoms with van der Waals surface area (Å²) in [5.74, 6) is -2.34. The van der Waals surface area contributed by atoms with Crippen molar-refractivity contribution in [1.82, 2.24) is 13.9 Å². The molecule has 9 heteroatoms. The lowest BCUT2D eigenvalue weighted by Gasteiger charge is -2.02. The zero-order valence-electron chi connectivity index (χ0n) is 12.4. The summed E-state index contributed by atoms with van der Waals surface area (Å²) in [4.78, 5) is 12.3. The van der Waals surface area contributed by atoms with Crippen molar-refractivity contribution in [2.24, 2.45) is 0 Å². The van der Waals surface area contributed by atoms with Crippen molar-refractivity contribution < 1.29 is 18.1 Å². The number of aromatic nitrogens is 3. The summed E-state index contributed by atoms with van der Waals surface area (Å²) in [6.07, 6.45) is 0. The Morgan fingerprint density at radius 1 is 1.08 bits per heavy atom. The van der Waals surface area contributed by atoms with Crippen molar-refractivity contribution in [3.63, 3.8) is 0 Å². The molecule has 6 nitrogen and oxygen atoms in total. The van der Waals surface area contributed by atoms with Crippen LogP contribution >= 0.6 is 11.7 Å². The van der Waals surface area contributed by atoms with Crippen LogP contribution in [0.4, 0.5) is 14.5 Å². The quantitative estimate of drug-likeness (QED) is 0.601. The molecule has 4 rings (SSSR count). The number of anilines is 1. The number of carbonyl (C=O) groups excluding carboxylic acids is 1. The Labute approximate surface area is 143 Å². The van der Waals surface area contributed by atoms with Gasteiger partial charge >= 0.3 is 0 Å². The van der Waals surface area contributed by atoms with E-state index in [1.165, 1.54) is 12.1 Å². The number of rotatable bonds is 3. The predicted octanol–water partition coefficient (Wildman–Crippen LogP) is 3.88. The SMILES string of the molecule is O=C(Nc1cccc2nsnc12)c1cc(-c2ccc(F)c(F)c2)on1. The first-order valence-electron chi connectivity index (χ1n) is 7.06. The molecule has 25 heavy (non-hydrogen) atoms. The fraction of sp³-hybridized carbons (Fsp3) is 0. The molecule has 0 unspecified atom stereocenters. The van der Waals surface area contributed by atoms with Crippen LogP contribution in [0.1, 0.15) is 10.5 Å². The molecule has 0 aliphatic heterocycles. The van der Waals surface area contributed by atoms with Gasteiger partial charge in [-0.15, -0.1) is 0 Å². The first-order chi connectivity index (χ1) is 12.1. The molecule has 0 aliphatic carbocycles. The van der Waals surface area contributed by atoms with Gasteiger partial charge in [0.25, 0.3) is 5.91 Å². The number of nitrogens with zero attached hydrogens (tertiary/aromatic N) is 3. The highest BCUT2D eigenvalue weighted by Crippen LogP contribution is 2.24. The van der Waals surface area contributed by atoms with E-state index in [2.05, 4.69) is 19.2 Å². The molecule has 0 saturated heterocycles. The molecule has 0 saturated carbocycles. The van der Waals surface area contributed by atoms with Crippen molar-refractivity contribution in [2.45, 2.75) is 0 Å². The lowest BCUT2D eigenvalue weighted by Crippen LogP contribution is -2.12. The molecule has 2 aromatic heterocycles. The second-order valence-corrected chi connectivity index (χ2v) is 5.63. The second kappa shape index (κ2) is 6.02. The summed E-state index contributed by atoms with van der Waals surface area (Å²) < 4.78 is 39.6. The van der Waals surface area contributed by atoms with Gasteiger partial charge in [0, 0.05) is 11.6 Å². The normalized spacial score (nSPS) is 11.0. The van der Waals surface area contributed by atoms with Crippen LogP contribution in [0.15, 0.2) is 47.0 Å². The summed E-state index contributed by atoms with van der Waals surface area (Å²) in [7, 11) is 0. The smallest absolute Gasteiger partial charge is 0.277 e. The Kier molecular flexibility index (Phi) is 3.69. The highest BCUT2D eigenvalue weighted by Gasteiger charge is 2.16. The first-order valence-corrected chi connectivity index (χ1v) is 7.79. The van der Waals surface area contributed by atoms with Gasteiger partial charge in [0.15, 0.2) is 23.1 Å². The molecule has 1 amide bonds. The summed E-state index contributed by atoms with van der Waals surface area (Å²) in [6, 6.07) is 9.85. The van der Waals surface area contributed by atoms with E-state index in [9.17, 15) is 13.6 Å². The first kappa shape index (κ1) is 15.3. The van der Waals surface area contributed by atoms with E-state index >= 15 is 0 Å². The number of fused-ring (bicyclic) bond motifs is 1. The van der Waals surface area contributed by atoms with Crippen LogP contribution in [0.5, 0.6) is 0 Å². The van der Waals surface area contributed by atoms with Crippen molar-refractivity contribution in [2.75, 3.05) is 5.32 Å². The monoisotopic (exact) mass is 358 g/mol. The van der Waals surface area contributed by atoms with E-state index < -0.39 is 17.5 Å². The standard InChI is InChI=1S/C16H8F2N4O2S/c17-9-5-4-8(6-10(9)18)14-7-13(20-24-14)16(23)19-11-2-1-3-12-15(11)22-25-21-12/h1-7H,(H,19,23). The molecule has 1 N–H and O–H groups in total. The van der Waals surface area contributed by atoms with Crippen molar-refractivity contribution in [3.8, 4) is 11.3 Å². The number of amides is 1. The van der Waals surface area contributed by atoms with Gasteiger partial charge in [-0.1, -0.05) is 11.2 Å². The van der Waals surface area contributed by atoms with E-state index in [-0.39, 0.29) is 17.0 Å². The topological polar surface area (TPSA) is 80.9 Å². The molecular formula is C16H8F2N4O2S. The van der Waals surface area contributed by atoms with Crippen molar-refractivity contribution >= 4 is 34.4 Å². The molecule has 0 bridgehead atoms. The van der Waals surface area contributed by atoms with Gasteiger partial charge in [-0.25, -0.2) is 8.78 Å². The fourth-order valence-electron chi connectivity index (χ4n) is 2.26. The Bertz CT molecular complexity index is 1090. The third kappa shape index (κ3) is 2.85. The van der Waals surface area contributed by atoms with Gasteiger partial charge in [-0.05, 0) is 30.3 Å². The van der Waals surface area contributed by atoms with Gasteiger partial charge in [-0.2, -0.15) is 8.75 Å². The van der Waals surface area contributed by atoms with Crippen molar-refractivity contribution in [3.05, 3.63) is 59.8 Å². The van der Waals surface area contributed by atoms with E-state index in [0.717, 1.165) is 23.9 Å². The average Bonchev–Trinajstić information content (AvgIpc) is 3.27. The van der Waals surface area contributed by atoms with Crippen LogP contribution in [-0.2, 0) is 0 Å². The molecule has 0 atom stereocenters. The minimum absolute atomic E-state index is 0.0000694. The van der Waals surface area contributed by atoms with E-state index in [1.54, 1.807) is 18.2 Å². The Morgan fingerprint density at radius 3 is 2.80 bits per heavy atom. The number of halogens is 2. The van der Waals surface area contributed by atoms with Crippen LogP contribution in [0.3, 0.4) is 0 Å². The fourth-order valence-corrected chi connectivity index (χ4v) is 2.81. The van der Waals surface area contributed by atoms with E-state index in [4.69, 9.17) is 4.52 Å². The number of carbonyl (C=O) groups is 1. The van der Waals surface area contributed by atoms with Crippen molar-refractivity contribution in [1.29, 1.82) is 0 Å². The minimum atomic E-state index is -1.01. The second-order valence-electron chi connectivity index (χ2n) is 5.10. The van der Waals surface area contributed by atoms with Gasteiger partial charge < -0.3 is 9.84 Å². The molecule has 2 aromatic carbocycles. The molecule has 0 spiro atoms. The molecule has 0 aliphatic rings. The lowest BCUT2D eigenvalue weighted by atomic mass is 10.1. The highest BCUT2D eigenvalue weighted by atomic mass is 32.1. The third-order valence-electron chi connectivity index (χ3n) is 3.48. The number of benzene rings is 2. The predicted molar refractivity (Wildman–Crippen MR) is 87.2 cm³/mol. The summed E-state index contributed by atoms with van der Waals surface area (Å²) in [5.41, 5.74) is 2.01. The lowest BCUT2D eigenvalue weighted by molar-refractivity contribution is 0.101. The molecule has 0 radical (unpaired) electrons. The molecule has 4 aromatic rings. The van der Waals surface area contributed by atoms with Crippen LogP contribution in [0, 0.1) is 11.6 Å². The Morgan fingerprint density at radius 2 is 1.96 bits per heavy atom. The van der Waals surface area contributed by atoms with Gasteiger partial charge in [0.1, 0.15) is 11.0 Å². The summed E-state index contributed by atoms with van der Waals surface area (Å²) >= 11 is 1.04.